The van der Waals surface area contributed by atoms with E-state index in [4.69, 9.17) is 5.73 Å². The molecule has 1 aromatic heterocycles. The second kappa shape index (κ2) is 4.96. The molecule has 1 aliphatic rings. The Hall–Kier alpha value is -2.36. The summed E-state index contributed by atoms with van der Waals surface area (Å²) in [6.45, 7) is 1.99. The molecule has 0 aliphatic heterocycles. The molecule has 2 aromatic rings. The molecular weight excluding hydrogens is 250 g/mol. The maximum absolute atomic E-state index is 12.7. The Morgan fingerprint density at radius 3 is 2.70 bits per heavy atom. The van der Waals surface area contributed by atoms with Gasteiger partial charge in [0, 0.05) is 11.6 Å². The highest BCUT2D eigenvalue weighted by Gasteiger charge is 2.35. The zero-order valence-corrected chi connectivity index (χ0v) is 11.4. The fourth-order valence-electron chi connectivity index (χ4n) is 2.25. The number of benzene rings is 1. The van der Waals surface area contributed by atoms with Crippen molar-refractivity contribution in [2.45, 2.75) is 25.8 Å². The Labute approximate surface area is 118 Å². The lowest BCUT2D eigenvalue weighted by Gasteiger charge is -2.21. The van der Waals surface area contributed by atoms with Crippen LogP contribution in [-0.2, 0) is 0 Å². The van der Waals surface area contributed by atoms with Crippen LogP contribution in [0.15, 0.2) is 42.6 Å². The molecule has 0 saturated heterocycles. The SMILES string of the molecule is Cc1cccc(C(=O)N(c2ccc(N)cn2)C2CC2)c1. The van der Waals surface area contributed by atoms with E-state index in [1.54, 1.807) is 23.2 Å². The van der Waals surface area contributed by atoms with E-state index >= 15 is 0 Å². The van der Waals surface area contributed by atoms with Gasteiger partial charge in [-0.15, -0.1) is 0 Å². The molecule has 1 heterocycles. The number of nitrogens with two attached hydrogens (primary N) is 1. The summed E-state index contributed by atoms with van der Waals surface area (Å²) in [4.78, 5) is 18.8. The number of hydrogen-bond acceptors (Lipinski definition) is 3. The van der Waals surface area contributed by atoms with Crippen LogP contribution >= 0.6 is 0 Å². The number of nitrogens with zero attached hydrogens (tertiary/aromatic N) is 2. The first-order valence-corrected chi connectivity index (χ1v) is 6.77. The highest BCUT2D eigenvalue weighted by Crippen LogP contribution is 2.32. The van der Waals surface area contributed by atoms with Gasteiger partial charge >= 0.3 is 0 Å². The molecule has 2 N–H and O–H groups in total. The molecule has 1 fully saturated rings. The van der Waals surface area contributed by atoms with Crippen LogP contribution in [0.25, 0.3) is 0 Å². The van der Waals surface area contributed by atoms with E-state index in [0.29, 0.717) is 17.1 Å². The molecule has 20 heavy (non-hydrogen) atoms. The number of aryl methyl sites for hydroxylation is 1. The van der Waals surface area contributed by atoms with E-state index in [0.717, 1.165) is 18.4 Å². The molecule has 0 bridgehead atoms. The van der Waals surface area contributed by atoms with E-state index in [9.17, 15) is 4.79 Å². The maximum Gasteiger partial charge on any atom is 0.259 e. The summed E-state index contributed by atoms with van der Waals surface area (Å²) in [7, 11) is 0. The predicted molar refractivity (Wildman–Crippen MR) is 79.7 cm³/mol. The summed E-state index contributed by atoms with van der Waals surface area (Å²) >= 11 is 0. The van der Waals surface area contributed by atoms with Crippen LogP contribution in [0.2, 0.25) is 0 Å². The third-order valence-corrected chi connectivity index (χ3v) is 3.41. The van der Waals surface area contributed by atoms with Gasteiger partial charge in [0.2, 0.25) is 0 Å². The van der Waals surface area contributed by atoms with Gasteiger partial charge in [0.1, 0.15) is 5.82 Å². The highest BCUT2D eigenvalue weighted by molar-refractivity contribution is 6.06. The zero-order valence-electron chi connectivity index (χ0n) is 11.4. The number of anilines is 2. The smallest absolute Gasteiger partial charge is 0.259 e. The molecule has 3 rings (SSSR count). The Balaban J connectivity index is 1.94. The summed E-state index contributed by atoms with van der Waals surface area (Å²) < 4.78 is 0. The molecule has 1 aliphatic carbocycles. The van der Waals surface area contributed by atoms with Crippen LogP contribution in [0.3, 0.4) is 0 Å². The van der Waals surface area contributed by atoms with Crippen LogP contribution in [-0.4, -0.2) is 16.9 Å². The van der Waals surface area contributed by atoms with Gasteiger partial charge in [-0.25, -0.2) is 4.98 Å². The van der Waals surface area contributed by atoms with Gasteiger partial charge < -0.3 is 5.73 Å². The highest BCUT2D eigenvalue weighted by atomic mass is 16.2. The number of nitrogen functional groups attached to an aromatic ring is 1. The minimum absolute atomic E-state index is 0.00784. The van der Waals surface area contributed by atoms with E-state index in [1.807, 2.05) is 31.2 Å². The monoisotopic (exact) mass is 267 g/mol. The summed E-state index contributed by atoms with van der Waals surface area (Å²) in [5, 5.41) is 0. The molecule has 4 heteroatoms. The zero-order chi connectivity index (χ0) is 14.1. The van der Waals surface area contributed by atoms with Crippen molar-refractivity contribution >= 4 is 17.4 Å². The molecule has 0 atom stereocenters. The van der Waals surface area contributed by atoms with Crippen molar-refractivity contribution in [2.75, 3.05) is 10.6 Å². The molecule has 1 amide bonds. The molecular formula is C16H17N3O. The van der Waals surface area contributed by atoms with Crippen molar-refractivity contribution in [3.63, 3.8) is 0 Å². The number of carbonyl (C=O) groups excluding carboxylic acids is 1. The van der Waals surface area contributed by atoms with Crippen molar-refractivity contribution in [1.29, 1.82) is 0 Å². The standard InChI is InChI=1S/C16H17N3O/c1-11-3-2-4-12(9-11)16(20)19(14-6-7-14)15-8-5-13(17)10-18-15/h2-5,8-10,14H,6-7,17H2,1H3. The summed E-state index contributed by atoms with van der Waals surface area (Å²) in [6.07, 6.45) is 3.65. The Kier molecular flexibility index (Phi) is 3.14. The van der Waals surface area contributed by atoms with Crippen LogP contribution in [0.1, 0.15) is 28.8 Å². The number of rotatable bonds is 3. The summed E-state index contributed by atoms with van der Waals surface area (Å²) in [5.74, 6) is 0.682. The second-order valence-corrected chi connectivity index (χ2v) is 5.23. The van der Waals surface area contributed by atoms with E-state index < -0.39 is 0 Å². The third-order valence-electron chi connectivity index (χ3n) is 3.41. The first-order valence-electron chi connectivity index (χ1n) is 6.77. The van der Waals surface area contributed by atoms with Gasteiger partial charge in [-0.3, -0.25) is 9.69 Å². The molecule has 0 spiro atoms. The van der Waals surface area contributed by atoms with Gasteiger partial charge in [-0.2, -0.15) is 0 Å². The number of pyridine rings is 1. The number of carbonyl (C=O) groups is 1. The first kappa shape index (κ1) is 12.7. The van der Waals surface area contributed by atoms with Crippen molar-refractivity contribution in [2.24, 2.45) is 0 Å². The van der Waals surface area contributed by atoms with Crippen LogP contribution in [0, 0.1) is 6.92 Å². The Morgan fingerprint density at radius 1 is 1.30 bits per heavy atom. The van der Waals surface area contributed by atoms with Gasteiger partial charge in [-0.1, -0.05) is 17.7 Å². The van der Waals surface area contributed by atoms with Crippen molar-refractivity contribution < 1.29 is 4.79 Å². The third kappa shape index (κ3) is 2.50. The Morgan fingerprint density at radius 2 is 2.10 bits per heavy atom. The average Bonchev–Trinajstić information content (AvgIpc) is 3.26. The summed E-state index contributed by atoms with van der Waals surface area (Å²) in [6, 6.07) is 11.5. The largest absolute Gasteiger partial charge is 0.397 e. The van der Waals surface area contributed by atoms with E-state index in [-0.39, 0.29) is 11.9 Å². The lowest BCUT2D eigenvalue weighted by atomic mass is 10.1. The molecule has 0 unspecified atom stereocenters. The lowest BCUT2D eigenvalue weighted by Crippen LogP contribution is -2.33. The second-order valence-electron chi connectivity index (χ2n) is 5.23. The van der Waals surface area contributed by atoms with Crippen molar-refractivity contribution in [3.8, 4) is 0 Å². The van der Waals surface area contributed by atoms with Gasteiger partial charge in [-0.05, 0) is 44.0 Å². The average molecular weight is 267 g/mol. The van der Waals surface area contributed by atoms with Gasteiger partial charge in [0.15, 0.2) is 0 Å². The van der Waals surface area contributed by atoms with Gasteiger partial charge in [0.05, 0.1) is 11.9 Å². The molecule has 1 aromatic carbocycles. The first-order chi connectivity index (χ1) is 9.65. The quantitative estimate of drug-likeness (QED) is 0.930. The van der Waals surface area contributed by atoms with Crippen LogP contribution < -0.4 is 10.6 Å². The Bertz CT molecular complexity index is 632. The fourth-order valence-corrected chi connectivity index (χ4v) is 2.25. The van der Waals surface area contributed by atoms with Crippen molar-refractivity contribution in [3.05, 3.63) is 53.7 Å². The summed E-state index contributed by atoms with van der Waals surface area (Å²) in [5.41, 5.74) is 8.05. The lowest BCUT2D eigenvalue weighted by molar-refractivity contribution is 0.0984. The number of aromatic nitrogens is 1. The topological polar surface area (TPSA) is 59.2 Å². The molecule has 4 nitrogen and oxygen atoms in total. The molecule has 1 saturated carbocycles. The van der Waals surface area contributed by atoms with Crippen LogP contribution in [0.4, 0.5) is 11.5 Å². The van der Waals surface area contributed by atoms with E-state index in [2.05, 4.69) is 4.98 Å². The molecule has 0 radical (unpaired) electrons. The van der Waals surface area contributed by atoms with Crippen LogP contribution in [0.5, 0.6) is 0 Å². The van der Waals surface area contributed by atoms with Gasteiger partial charge in [0.25, 0.3) is 5.91 Å². The minimum Gasteiger partial charge on any atom is -0.397 e. The molecule has 102 valence electrons. The normalized spacial score (nSPS) is 14.1. The number of amides is 1. The minimum atomic E-state index is 0.00784. The fraction of sp³-hybridized carbons (Fsp3) is 0.250. The predicted octanol–water partition coefficient (Wildman–Crippen LogP) is 2.78. The van der Waals surface area contributed by atoms with E-state index in [1.165, 1.54) is 0 Å². The maximum atomic E-state index is 12.7. The number of hydrogen-bond donors (Lipinski definition) is 1. The van der Waals surface area contributed by atoms with Crippen molar-refractivity contribution in [1.82, 2.24) is 4.98 Å².